The Morgan fingerprint density at radius 1 is 1.55 bits per heavy atom. The third kappa shape index (κ3) is 4.09. The van der Waals surface area contributed by atoms with Crippen LogP contribution >= 0.6 is 23.1 Å². The van der Waals surface area contributed by atoms with Gasteiger partial charge in [-0.2, -0.15) is 11.8 Å². The highest BCUT2D eigenvalue weighted by molar-refractivity contribution is 8.01. The number of thiazole rings is 1. The van der Waals surface area contributed by atoms with Gasteiger partial charge in [-0.15, -0.1) is 11.3 Å². The fraction of sp³-hybridized carbons (Fsp3) is 0.750. The number of nitrogens with one attached hydrogen (secondary N) is 1. The Kier molecular flexibility index (Phi) is 5.71. The summed E-state index contributed by atoms with van der Waals surface area (Å²) in [5.41, 5.74) is 0. The lowest BCUT2D eigenvalue weighted by atomic mass is 10.4. The second kappa shape index (κ2) is 7.11. The summed E-state index contributed by atoms with van der Waals surface area (Å²) in [5.74, 6) is 1.58. The average molecular weight is 336 g/mol. The maximum Gasteiger partial charge on any atom is 0.186 e. The molecule has 5 nitrogen and oxygen atoms in total. The normalized spacial score (nSPS) is 20.3. The minimum atomic E-state index is -3.08. The molecule has 1 aromatic heterocycles. The molecule has 1 aliphatic rings. The molecule has 2 heterocycles. The fourth-order valence-electron chi connectivity index (χ4n) is 2.05. The first-order chi connectivity index (χ1) is 9.52. The van der Waals surface area contributed by atoms with E-state index in [4.69, 9.17) is 0 Å². The van der Waals surface area contributed by atoms with Gasteiger partial charge in [0.2, 0.25) is 0 Å². The molecule has 2 rings (SSSR count). The van der Waals surface area contributed by atoms with Crippen LogP contribution in [0.2, 0.25) is 0 Å². The van der Waals surface area contributed by atoms with E-state index in [-0.39, 0.29) is 0 Å². The first-order valence-electron chi connectivity index (χ1n) is 6.71. The van der Waals surface area contributed by atoms with E-state index in [1.807, 2.05) is 11.1 Å². The van der Waals surface area contributed by atoms with Gasteiger partial charge in [-0.05, 0) is 13.0 Å². The van der Waals surface area contributed by atoms with Crippen LogP contribution in [-0.4, -0.2) is 49.6 Å². The highest BCUT2D eigenvalue weighted by Gasteiger charge is 2.32. The zero-order valence-corrected chi connectivity index (χ0v) is 14.3. The van der Waals surface area contributed by atoms with Gasteiger partial charge < -0.3 is 10.2 Å². The summed E-state index contributed by atoms with van der Waals surface area (Å²) in [5, 5.41) is 3.73. The molecule has 0 aliphatic carbocycles. The Labute approximate surface area is 129 Å². The van der Waals surface area contributed by atoms with E-state index in [9.17, 15) is 8.42 Å². The zero-order valence-electron chi connectivity index (χ0n) is 11.8. The van der Waals surface area contributed by atoms with Gasteiger partial charge in [0.1, 0.15) is 5.37 Å². The van der Waals surface area contributed by atoms with Crippen LogP contribution in [0.5, 0.6) is 0 Å². The molecule has 0 spiro atoms. The molecule has 0 amide bonds. The van der Waals surface area contributed by atoms with Crippen LogP contribution in [-0.2, 0) is 16.4 Å². The summed E-state index contributed by atoms with van der Waals surface area (Å²) in [6.45, 7) is 4.67. The predicted octanol–water partition coefficient (Wildman–Crippen LogP) is 1.57. The molecular formula is C12H21N3O2S3. The second-order valence-electron chi connectivity index (χ2n) is 4.84. The number of aromatic nitrogens is 1. The fourth-order valence-corrected chi connectivity index (χ4v) is 5.90. The number of sulfone groups is 1. The minimum absolute atomic E-state index is 0.441. The number of hydrogen-bond acceptors (Lipinski definition) is 7. The number of thioether (sulfide) groups is 1. The van der Waals surface area contributed by atoms with E-state index in [0.717, 1.165) is 41.8 Å². The lowest BCUT2D eigenvalue weighted by molar-refractivity contribution is 0.584. The molecule has 1 N–H and O–H groups in total. The van der Waals surface area contributed by atoms with Crippen LogP contribution in [0.1, 0.15) is 18.2 Å². The lowest BCUT2D eigenvalue weighted by Crippen LogP contribution is -2.47. The average Bonchev–Trinajstić information content (AvgIpc) is 2.87. The van der Waals surface area contributed by atoms with Crippen molar-refractivity contribution in [3.8, 4) is 0 Å². The molecule has 0 saturated carbocycles. The van der Waals surface area contributed by atoms with Gasteiger partial charge in [0.25, 0.3) is 0 Å². The molecule has 0 bridgehead atoms. The van der Waals surface area contributed by atoms with Gasteiger partial charge in [-0.1, -0.05) is 6.92 Å². The molecule has 0 radical (unpaired) electrons. The van der Waals surface area contributed by atoms with Crippen LogP contribution in [0, 0.1) is 0 Å². The first kappa shape index (κ1) is 16.1. The largest absolute Gasteiger partial charge is 0.330 e. The van der Waals surface area contributed by atoms with Crippen molar-refractivity contribution in [2.24, 2.45) is 0 Å². The van der Waals surface area contributed by atoms with Crippen molar-refractivity contribution in [1.29, 1.82) is 0 Å². The number of nitrogens with zero attached hydrogens (tertiary/aromatic N) is 2. The lowest BCUT2D eigenvalue weighted by Gasteiger charge is -2.33. The zero-order chi connectivity index (χ0) is 14.6. The number of rotatable bonds is 6. The van der Waals surface area contributed by atoms with Crippen LogP contribution in [0.4, 0.5) is 5.13 Å². The Bertz CT molecular complexity index is 530. The molecule has 1 aliphatic heterocycles. The van der Waals surface area contributed by atoms with Crippen LogP contribution in [0.15, 0.2) is 6.20 Å². The Morgan fingerprint density at radius 3 is 3.05 bits per heavy atom. The van der Waals surface area contributed by atoms with E-state index in [1.54, 1.807) is 23.1 Å². The van der Waals surface area contributed by atoms with E-state index in [1.165, 1.54) is 6.26 Å². The third-order valence-corrected chi connectivity index (χ3v) is 6.77. The van der Waals surface area contributed by atoms with E-state index in [2.05, 4.69) is 17.2 Å². The standard InChI is InChI=1S/C12H21N3O2S3/c1-3-4-13-7-10-8-14-12(19-10)15-5-6-18-9-11(15)20(2,16)17/h8,11,13H,3-7,9H2,1-2H3. The van der Waals surface area contributed by atoms with Gasteiger partial charge in [-0.25, -0.2) is 13.4 Å². The quantitative estimate of drug-likeness (QED) is 0.796. The maximum atomic E-state index is 11.9. The smallest absolute Gasteiger partial charge is 0.186 e. The van der Waals surface area contributed by atoms with Gasteiger partial charge >= 0.3 is 0 Å². The maximum absolute atomic E-state index is 11.9. The SMILES string of the molecule is CCCNCc1cnc(N2CCSCC2S(C)(=O)=O)s1. The number of hydrogen-bond donors (Lipinski definition) is 1. The van der Waals surface area contributed by atoms with Crippen molar-refractivity contribution in [2.45, 2.75) is 25.3 Å². The summed E-state index contributed by atoms with van der Waals surface area (Å²) in [6.07, 6.45) is 4.27. The topological polar surface area (TPSA) is 62.3 Å². The molecule has 1 fully saturated rings. The highest BCUT2D eigenvalue weighted by Crippen LogP contribution is 2.30. The summed E-state index contributed by atoms with van der Waals surface area (Å²) in [7, 11) is -3.08. The molecule has 0 aromatic carbocycles. The molecule has 1 unspecified atom stereocenters. The number of anilines is 1. The minimum Gasteiger partial charge on any atom is -0.330 e. The second-order valence-corrected chi connectivity index (χ2v) is 9.29. The monoisotopic (exact) mass is 335 g/mol. The molecule has 8 heteroatoms. The van der Waals surface area contributed by atoms with Gasteiger partial charge in [0, 0.05) is 41.9 Å². The van der Waals surface area contributed by atoms with Crippen molar-refractivity contribution < 1.29 is 8.42 Å². The van der Waals surface area contributed by atoms with Gasteiger partial charge in [0.05, 0.1) is 0 Å². The first-order valence-corrected chi connectivity index (χ1v) is 10.6. The summed E-state index contributed by atoms with van der Waals surface area (Å²) < 4.78 is 23.8. The van der Waals surface area contributed by atoms with Gasteiger partial charge in [0.15, 0.2) is 15.0 Å². The molecule has 114 valence electrons. The van der Waals surface area contributed by atoms with Crippen molar-refractivity contribution in [3.63, 3.8) is 0 Å². The van der Waals surface area contributed by atoms with E-state index >= 15 is 0 Å². The summed E-state index contributed by atoms with van der Waals surface area (Å²) in [4.78, 5) is 7.51. The van der Waals surface area contributed by atoms with Crippen LogP contribution < -0.4 is 10.2 Å². The Morgan fingerprint density at radius 2 is 2.35 bits per heavy atom. The predicted molar refractivity (Wildman–Crippen MR) is 87.4 cm³/mol. The van der Waals surface area contributed by atoms with Crippen molar-refractivity contribution >= 4 is 38.1 Å². The van der Waals surface area contributed by atoms with Crippen LogP contribution in [0.25, 0.3) is 0 Å². The van der Waals surface area contributed by atoms with E-state index in [0.29, 0.717) is 5.75 Å². The van der Waals surface area contributed by atoms with Gasteiger partial charge in [-0.3, -0.25) is 0 Å². The summed E-state index contributed by atoms with van der Waals surface area (Å²) >= 11 is 3.28. The van der Waals surface area contributed by atoms with Crippen molar-refractivity contribution in [1.82, 2.24) is 10.3 Å². The molecule has 1 aromatic rings. The van der Waals surface area contributed by atoms with Crippen LogP contribution in [0.3, 0.4) is 0 Å². The molecule has 1 atom stereocenters. The Hall–Kier alpha value is -0.310. The highest BCUT2D eigenvalue weighted by atomic mass is 32.2. The Balaban J connectivity index is 2.09. The third-order valence-electron chi connectivity index (χ3n) is 3.09. The summed E-state index contributed by atoms with van der Waals surface area (Å²) in [6, 6.07) is 0. The molecular weight excluding hydrogens is 314 g/mol. The van der Waals surface area contributed by atoms with E-state index < -0.39 is 15.2 Å². The molecule has 20 heavy (non-hydrogen) atoms. The van der Waals surface area contributed by atoms with Crippen molar-refractivity contribution in [3.05, 3.63) is 11.1 Å². The van der Waals surface area contributed by atoms with Crippen molar-refractivity contribution in [2.75, 3.05) is 35.8 Å². The molecule has 1 saturated heterocycles.